The number of pyridine rings is 1. The normalized spacial score (nSPS) is 11.0. The van der Waals surface area contributed by atoms with Crippen LogP contribution in [0.4, 0.5) is 0 Å². The Hall–Kier alpha value is -2.41. The van der Waals surface area contributed by atoms with Crippen LogP contribution in [0.3, 0.4) is 0 Å². The molecule has 0 unspecified atom stereocenters. The van der Waals surface area contributed by atoms with E-state index in [1.807, 2.05) is 43.6 Å². The summed E-state index contributed by atoms with van der Waals surface area (Å²) in [4.78, 5) is 4.83. The van der Waals surface area contributed by atoms with Crippen LogP contribution in [0.15, 0.2) is 60.8 Å². The molecule has 0 bridgehead atoms. The quantitative estimate of drug-likeness (QED) is 0.401. The minimum absolute atomic E-state index is 0.464. The molecule has 0 aliphatic rings. The minimum atomic E-state index is 0.464. The molecular weight excluding hydrogens is 437 g/mol. The molecule has 0 radical (unpaired) electrons. The molecule has 4 rings (SSSR count). The van der Waals surface area contributed by atoms with Crippen molar-refractivity contribution in [3.8, 4) is 17.0 Å². The van der Waals surface area contributed by atoms with Crippen molar-refractivity contribution in [1.29, 1.82) is 0 Å². The predicted octanol–water partition coefficient (Wildman–Crippen LogP) is 5.13. The molecular formula is C21H18IN3O. The predicted molar refractivity (Wildman–Crippen MR) is 112 cm³/mol. The first-order chi connectivity index (χ1) is 12.6. The van der Waals surface area contributed by atoms with Crippen molar-refractivity contribution in [2.75, 3.05) is 0 Å². The average molecular weight is 455 g/mol. The zero-order chi connectivity index (χ0) is 18.1. The van der Waals surface area contributed by atoms with Crippen LogP contribution in [0.2, 0.25) is 0 Å². The Morgan fingerprint density at radius 1 is 1.08 bits per heavy atom. The van der Waals surface area contributed by atoms with Crippen LogP contribution in [0.5, 0.6) is 5.75 Å². The van der Waals surface area contributed by atoms with Gasteiger partial charge in [0, 0.05) is 24.2 Å². The monoisotopic (exact) mass is 455 g/mol. The Labute approximate surface area is 166 Å². The Morgan fingerprint density at radius 2 is 1.85 bits per heavy atom. The standard InChI is InChI=1S/C21H18IN3O/c1-14-11-16-5-3-4-6-19(16)23-21(14)15-7-9-17(10-8-15)26-13-20-18(22)12-25(2)24-20/h3-12H,13H2,1-2H3. The van der Waals surface area contributed by atoms with Crippen molar-refractivity contribution < 1.29 is 4.74 Å². The second kappa shape index (κ2) is 7.07. The third-order valence-electron chi connectivity index (χ3n) is 4.27. The van der Waals surface area contributed by atoms with Gasteiger partial charge >= 0.3 is 0 Å². The molecule has 0 saturated heterocycles. The van der Waals surface area contributed by atoms with Crippen molar-refractivity contribution in [2.45, 2.75) is 13.5 Å². The van der Waals surface area contributed by atoms with Gasteiger partial charge in [0.15, 0.2) is 0 Å². The molecule has 0 aliphatic heterocycles. The van der Waals surface area contributed by atoms with Gasteiger partial charge in [0.2, 0.25) is 0 Å². The number of nitrogens with zero attached hydrogens (tertiary/aromatic N) is 3. The first kappa shape index (κ1) is 17.0. The number of fused-ring (bicyclic) bond motifs is 1. The highest BCUT2D eigenvalue weighted by Crippen LogP contribution is 2.27. The van der Waals surface area contributed by atoms with E-state index in [1.54, 1.807) is 4.68 Å². The number of aromatic nitrogens is 3. The lowest BCUT2D eigenvalue weighted by Gasteiger charge is -2.09. The van der Waals surface area contributed by atoms with Crippen LogP contribution in [-0.4, -0.2) is 14.8 Å². The van der Waals surface area contributed by atoms with E-state index in [4.69, 9.17) is 9.72 Å². The Balaban J connectivity index is 1.56. The highest BCUT2D eigenvalue weighted by molar-refractivity contribution is 14.1. The summed E-state index contributed by atoms with van der Waals surface area (Å²) in [6.07, 6.45) is 1.98. The van der Waals surface area contributed by atoms with E-state index >= 15 is 0 Å². The second-order valence-corrected chi connectivity index (χ2v) is 7.42. The van der Waals surface area contributed by atoms with E-state index in [2.05, 4.69) is 58.9 Å². The van der Waals surface area contributed by atoms with Crippen LogP contribution in [-0.2, 0) is 13.7 Å². The van der Waals surface area contributed by atoms with Crippen molar-refractivity contribution in [1.82, 2.24) is 14.8 Å². The lowest BCUT2D eigenvalue weighted by molar-refractivity contribution is 0.299. The Bertz CT molecular complexity index is 1070. The summed E-state index contributed by atoms with van der Waals surface area (Å²) in [6.45, 7) is 2.56. The third-order valence-corrected chi connectivity index (χ3v) is 5.17. The summed E-state index contributed by atoms with van der Waals surface area (Å²) < 4.78 is 8.79. The number of hydrogen-bond donors (Lipinski definition) is 0. The smallest absolute Gasteiger partial charge is 0.133 e. The number of hydrogen-bond acceptors (Lipinski definition) is 3. The van der Waals surface area contributed by atoms with Gasteiger partial charge in [0.1, 0.15) is 18.1 Å². The first-order valence-electron chi connectivity index (χ1n) is 8.38. The van der Waals surface area contributed by atoms with E-state index in [-0.39, 0.29) is 0 Å². The second-order valence-electron chi connectivity index (χ2n) is 6.26. The van der Waals surface area contributed by atoms with E-state index in [0.29, 0.717) is 6.61 Å². The fraction of sp³-hybridized carbons (Fsp3) is 0.143. The summed E-state index contributed by atoms with van der Waals surface area (Å²) in [5.41, 5.74) is 5.23. The molecule has 26 heavy (non-hydrogen) atoms. The van der Waals surface area contributed by atoms with E-state index in [0.717, 1.165) is 31.8 Å². The Kier molecular flexibility index (Phi) is 4.63. The molecule has 0 fully saturated rings. The van der Waals surface area contributed by atoms with Gasteiger partial charge in [-0.05, 0) is 71.5 Å². The fourth-order valence-corrected chi connectivity index (χ4v) is 3.64. The maximum Gasteiger partial charge on any atom is 0.133 e. The van der Waals surface area contributed by atoms with E-state index in [1.165, 1.54) is 10.9 Å². The van der Waals surface area contributed by atoms with Gasteiger partial charge in [-0.25, -0.2) is 4.98 Å². The van der Waals surface area contributed by atoms with Gasteiger partial charge in [-0.15, -0.1) is 0 Å². The van der Waals surface area contributed by atoms with Gasteiger partial charge in [-0.3, -0.25) is 4.68 Å². The average Bonchev–Trinajstić information content (AvgIpc) is 2.97. The van der Waals surface area contributed by atoms with Crippen LogP contribution in [0, 0.1) is 10.5 Å². The van der Waals surface area contributed by atoms with Crippen LogP contribution in [0.1, 0.15) is 11.3 Å². The van der Waals surface area contributed by atoms with Crippen molar-refractivity contribution in [2.24, 2.45) is 7.05 Å². The number of ether oxygens (including phenoxy) is 1. The highest BCUT2D eigenvalue weighted by Gasteiger charge is 2.08. The van der Waals surface area contributed by atoms with E-state index < -0.39 is 0 Å². The maximum atomic E-state index is 5.88. The van der Waals surface area contributed by atoms with E-state index in [9.17, 15) is 0 Å². The largest absolute Gasteiger partial charge is 0.487 e. The molecule has 4 nitrogen and oxygen atoms in total. The lowest BCUT2D eigenvalue weighted by Crippen LogP contribution is -1.99. The summed E-state index contributed by atoms with van der Waals surface area (Å²) >= 11 is 2.28. The number of aryl methyl sites for hydroxylation is 2. The SMILES string of the molecule is Cc1cc2ccccc2nc1-c1ccc(OCc2nn(C)cc2I)cc1. The van der Waals surface area contributed by atoms with Gasteiger partial charge < -0.3 is 4.74 Å². The molecule has 2 heterocycles. The topological polar surface area (TPSA) is 39.9 Å². The summed E-state index contributed by atoms with van der Waals surface area (Å²) in [5.74, 6) is 0.827. The zero-order valence-electron chi connectivity index (χ0n) is 14.6. The number of para-hydroxylation sites is 1. The van der Waals surface area contributed by atoms with Gasteiger partial charge in [0.25, 0.3) is 0 Å². The number of benzene rings is 2. The number of halogens is 1. The first-order valence-corrected chi connectivity index (χ1v) is 9.46. The summed E-state index contributed by atoms with van der Waals surface area (Å²) in [6, 6.07) is 18.5. The van der Waals surface area contributed by atoms with Crippen LogP contribution >= 0.6 is 22.6 Å². The summed E-state index contributed by atoms with van der Waals surface area (Å²) in [7, 11) is 1.92. The van der Waals surface area contributed by atoms with Crippen LogP contribution < -0.4 is 4.74 Å². The molecule has 4 aromatic rings. The fourth-order valence-electron chi connectivity index (χ4n) is 2.98. The molecule has 0 saturated carbocycles. The Morgan fingerprint density at radius 3 is 2.58 bits per heavy atom. The molecule has 0 spiro atoms. The molecule has 130 valence electrons. The minimum Gasteiger partial charge on any atom is -0.487 e. The van der Waals surface area contributed by atoms with Crippen molar-refractivity contribution in [3.63, 3.8) is 0 Å². The lowest BCUT2D eigenvalue weighted by atomic mass is 10.0. The van der Waals surface area contributed by atoms with Crippen molar-refractivity contribution >= 4 is 33.5 Å². The number of rotatable bonds is 4. The zero-order valence-corrected chi connectivity index (χ0v) is 16.8. The van der Waals surface area contributed by atoms with Gasteiger partial charge in [0.05, 0.1) is 14.8 Å². The van der Waals surface area contributed by atoms with Gasteiger partial charge in [-0.1, -0.05) is 18.2 Å². The van der Waals surface area contributed by atoms with Crippen molar-refractivity contribution in [3.05, 3.63) is 75.6 Å². The van der Waals surface area contributed by atoms with Gasteiger partial charge in [-0.2, -0.15) is 5.10 Å². The third kappa shape index (κ3) is 3.44. The molecule has 2 aromatic carbocycles. The maximum absolute atomic E-state index is 5.88. The molecule has 0 amide bonds. The molecule has 0 aliphatic carbocycles. The van der Waals surface area contributed by atoms with Crippen LogP contribution in [0.25, 0.3) is 22.2 Å². The molecule has 0 atom stereocenters. The summed E-state index contributed by atoms with van der Waals surface area (Å²) in [5, 5.41) is 5.57. The molecule has 0 N–H and O–H groups in total. The molecule has 2 aromatic heterocycles. The molecule has 5 heteroatoms. The highest BCUT2D eigenvalue weighted by atomic mass is 127.